The smallest absolute Gasteiger partial charge is 0.351 e. The van der Waals surface area contributed by atoms with Crippen molar-refractivity contribution < 1.29 is 24.1 Å². The van der Waals surface area contributed by atoms with Crippen molar-refractivity contribution in [3.8, 4) is 0 Å². The molecule has 0 radical (unpaired) electrons. The van der Waals surface area contributed by atoms with Crippen molar-refractivity contribution in [1.82, 2.24) is 29.1 Å². The number of H-pyrrole nitrogens is 1. The third-order valence-corrected chi connectivity index (χ3v) is 5.50. The molecule has 0 unspecified atom stereocenters. The summed E-state index contributed by atoms with van der Waals surface area (Å²) in [5.74, 6) is -1.17. The summed E-state index contributed by atoms with van der Waals surface area (Å²) in [6.07, 6.45) is 5.40. The molecule has 4 atom stereocenters. The van der Waals surface area contributed by atoms with E-state index in [1.165, 1.54) is 6.33 Å². The SMILES string of the molecule is Nc1nc(=O)n([C@@H]2CC[C@H](CO)O2)cc1F.O=c1[nH]cnc2c1ncn2[C@H]1CC[C@@H](CO)O1. The lowest BCUT2D eigenvalue weighted by molar-refractivity contribution is -0.0249. The lowest BCUT2D eigenvalue weighted by Crippen LogP contribution is -2.28. The van der Waals surface area contributed by atoms with E-state index in [-0.39, 0.29) is 37.2 Å². The van der Waals surface area contributed by atoms with E-state index >= 15 is 0 Å². The third-order valence-electron chi connectivity index (χ3n) is 5.50. The van der Waals surface area contributed by atoms with Crippen LogP contribution >= 0.6 is 0 Å². The number of aromatic amines is 1. The number of nitrogens with zero attached hydrogens (tertiary/aromatic N) is 5. The van der Waals surface area contributed by atoms with Crippen LogP contribution in [0.5, 0.6) is 0 Å². The summed E-state index contributed by atoms with van der Waals surface area (Å²) < 4.78 is 26.9. The minimum atomic E-state index is -0.754. The molecular formula is C19H24FN7O6. The van der Waals surface area contributed by atoms with Crippen LogP contribution in [0.15, 0.2) is 28.4 Å². The molecule has 5 heterocycles. The minimum absolute atomic E-state index is 0.0111. The Morgan fingerprint density at radius 1 is 1.06 bits per heavy atom. The summed E-state index contributed by atoms with van der Waals surface area (Å²) in [4.78, 5) is 36.9. The molecule has 0 saturated carbocycles. The van der Waals surface area contributed by atoms with E-state index in [1.807, 2.05) is 0 Å². The van der Waals surface area contributed by atoms with Gasteiger partial charge in [0.2, 0.25) is 0 Å². The van der Waals surface area contributed by atoms with E-state index in [9.17, 15) is 14.0 Å². The highest BCUT2D eigenvalue weighted by molar-refractivity contribution is 5.68. The van der Waals surface area contributed by atoms with Crippen LogP contribution in [-0.4, -0.2) is 64.7 Å². The van der Waals surface area contributed by atoms with E-state index in [2.05, 4.69) is 19.9 Å². The largest absolute Gasteiger partial charge is 0.394 e. The van der Waals surface area contributed by atoms with Crippen molar-refractivity contribution in [3.63, 3.8) is 0 Å². The number of imidazole rings is 1. The van der Waals surface area contributed by atoms with Crippen molar-refractivity contribution in [2.75, 3.05) is 18.9 Å². The highest BCUT2D eigenvalue weighted by Crippen LogP contribution is 2.29. The van der Waals surface area contributed by atoms with Crippen molar-refractivity contribution in [2.24, 2.45) is 0 Å². The van der Waals surface area contributed by atoms with Crippen molar-refractivity contribution in [3.05, 3.63) is 45.5 Å². The number of hydrogen-bond acceptors (Lipinski definition) is 10. The molecule has 0 bridgehead atoms. The van der Waals surface area contributed by atoms with Gasteiger partial charge in [-0.25, -0.2) is 19.2 Å². The maximum absolute atomic E-state index is 13.1. The Labute approximate surface area is 185 Å². The fraction of sp³-hybridized carbons (Fsp3) is 0.526. The maximum atomic E-state index is 13.1. The first kappa shape index (κ1) is 23.0. The molecule has 2 fully saturated rings. The van der Waals surface area contributed by atoms with Crippen LogP contribution in [0.4, 0.5) is 10.2 Å². The molecule has 2 aliphatic heterocycles. The summed E-state index contributed by atoms with van der Waals surface area (Å²) in [7, 11) is 0. The zero-order valence-electron chi connectivity index (χ0n) is 17.5. The number of nitrogen functional groups attached to an aromatic ring is 1. The second kappa shape index (κ2) is 9.74. The fourth-order valence-electron chi connectivity index (χ4n) is 3.79. The Hall–Kier alpha value is -3.20. The Morgan fingerprint density at radius 3 is 2.30 bits per heavy atom. The van der Waals surface area contributed by atoms with Gasteiger partial charge in [-0.2, -0.15) is 4.98 Å². The minimum Gasteiger partial charge on any atom is -0.394 e. The average Bonchev–Trinajstić information content (AvgIpc) is 3.56. The molecule has 13 nitrogen and oxygen atoms in total. The summed E-state index contributed by atoms with van der Waals surface area (Å²) in [5, 5.41) is 17.9. The van der Waals surface area contributed by atoms with Crippen LogP contribution in [0.3, 0.4) is 0 Å². The highest BCUT2D eigenvalue weighted by atomic mass is 19.1. The Morgan fingerprint density at radius 2 is 1.70 bits per heavy atom. The molecule has 2 saturated heterocycles. The van der Waals surface area contributed by atoms with Crippen LogP contribution in [0, 0.1) is 5.82 Å². The molecule has 0 aliphatic carbocycles. The van der Waals surface area contributed by atoms with E-state index < -0.39 is 23.6 Å². The zero-order chi connectivity index (χ0) is 23.5. The second-order valence-corrected chi connectivity index (χ2v) is 7.66. The highest BCUT2D eigenvalue weighted by Gasteiger charge is 2.28. The number of aliphatic hydroxyl groups excluding tert-OH is 2. The maximum Gasteiger partial charge on any atom is 0.351 e. The van der Waals surface area contributed by atoms with Gasteiger partial charge >= 0.3 is 5.69 Å². The number of rotatable bonds is 4. The molecule has 33 heavy (non-hydrogen) atoms. The number of aromatic nitrogens is 6. The summed E-state index contributed by atoms with van der Waals surface area (Å²) in [6.45, 7) is -0.104. The number of hydrogen-bond donors (Lipinski definition) is 4. The topological polar surface area (TPSA) is 183 Å². The predicted molar refractivity (Wildman–Crippen MR) is 111 cm³/mol. The normalized spacial score (nSPS) is 24.7. The second-order valence-electron chi connectivity index (χ2n) is 7.66. The molecular weight excluding hydrogens is 441 g/mol. The molecule has 0 spiro atoms. The zero-order valence-corrected chi connectivity index (χ0v) is 17.5. The van der Waals surface area contributed by atoms with Gasteiger partial charge in [0.25, 0.3) is 5.56 Å². The molecule has 5 N–H and O–H groups in total. The van der Waals surface area contributed by atoms with Gasteiger partial charge in [-0.05, 0) is 25.7 Å². The van der Waals surface area contributed by atoms with Crippen molar-refractivity contribution in [2.45, 2.75) is 50.3 Å². The van der Waals surface area contributed by atoms with E-state index in [0.29, 0.717) is 24.0 Å². The van der Waals surface area contributed by atoms with E-state index in [4.69, 9.17) is 25.4 Å². The van der Waals surface area contributed by atoms with E-state index in [1.54, 1.807) is 10.9 Å². The third kappa shape index (κ3) is 4.78. The number of ether oxygens (including phenoxy) is 2. The van der Waals surface area contributed by atoms with Crippen LogP contribution in [0.25, 0.3) is 11.2 Å². The molecule has 3 aromatic rings. The average molecular weight is 465 g/mol. The predicted octanol–water partition coefficient (Wildman–Crippen LogP) is -0.576. The molecule has 5 rings (SSSR count). The molecule has 2 aliphatic rings. The fourth-order valence-corrected chi connectivity index (χ4v) is 3.79. The van der Waals surface area contributed by atoms with Gasteiger partial charge in [0, 0.05) is 0 Å². The lowest BCUT2D eigenvalue weighted by Gasteiger charge is -2.14. The molecule has 178 valence electrons. The molecule has 3 aromatic heterocycles. The number of halogens is 1. The Kier molecular flexibility index (Phi) is 6.78. The number of anilines is 1. The van der Waals surface area contributed by atoms with Gasteiger partial charge in [0.15, 0.2) is 22.8 Å². The van der Waals surface area contributed by atoms with Gasteiger partial charge in [-0.1, -0.05) is 0 Å². The number of aliphatic hydroxyl groups is 2. The molecule has 14 heteroatoms. The van der Waals surface area contributed by atoms with E-state index in [0.717, 1.165) is 23.6 Å². The van der Waals surface area contributed by atoms with Gasteiger partial charge in [0.05, 0.1) is 44.3 Å². The Bertz CT molecular complexity index is 1230. The van der Waals surface area contributed by atoms with Gasteiger partial charge < -0.3 is 30.4 Å². The van der Waals surface area contributed by atoms with Crippen molar-refractivity contribution >= 4 is 17.0 Å². The standard InChI is InChI=1S/C10H12N4O3.C9H12FN3O3/c15-3-6-1-2-7(17-6)14-5-13-8-9(14)11-4-12-10(8)16;10-6-3-13(9(15)12-8(6)11)7-2-1-5(4-14)16-7/h4-7,15H,1-3H2,(H,11,12,16);3,5,7,14H,1-2,4H2,(H2,11,12,15)/t6-,7+;5-,7+/m01/s1. The van der Waals surface area contributed by atoms with Crippen molar-refractivity contribution in [1.29, 1.82) is 0 Å². The first-order chi connectivity index (χ1) is 15.9. The van der Waals surface area contributed by atoms with Crippen LogP contribution < -0.4 is 17.0 Å². The Balaban J connectivity index is 0.000000157. The summed E-state index contributed by atoms with van der Waals surface area (Å²) in [5.41, 5.74) is 5.07. The van der Waals surface area contributed by atoms with Crippen LogP contribution in [-0.2, 0) is 9.47 Å². The first-order valence-corrected chi connectivity index (χ1v) is 10.4. The van der Waals surface area contributed by atoms with Gasteiger partial charge in [-0.3, -0.25) is 13.9 Å². The number of nitrogens with two attached hydrogens (primary N) is 1. The quantitative estimate of drug-likeness (QED) is 0.389. The monoisotopic (exact) mass is 465 g/mol. The first-order valence-electron chi connectivity index (χ1n) is 10.4. The lowest BCUT2D eigenvalue weighted by atomic mass is 10.2. The molecule has 0 aromatic carbocycles. The van der Waals surface area contributed by atoms with Gasteiger partial charge in [0.1, 0.15) is 12.5 Å². The van der Waals surface area contributed by atoms with Crippen LogP contribution in [0.2, 0.25) is 0 Å². The number of fused-ring (bicyclic) bond motifs is 1. The van der Waals surface area contributed by atoms with Crippen LogP contribution in [0.1, 0.15) is 38.1 Å². The van der Waals surface area contributed by atoms with Gasteiger partial charge in [-0.15, -0.1) is 0 Å². The molecule has 0 amide bonds. The number of nitrogens with one attached hydrogen (secondary N) is 1. The summed E-state index contributed by atoms with van der Waals surface area (Å²) in [6, 6.07) is 0. The summed E-state index contributed by atoms with van der Waals surface area (Å²) >= 11 is 0.